The fourth-order valence-electron chi connectivity index (χ4n) is 1.65. The maximum absolute atomic E-state index is 13.7. The lowest BCUT2D eigenvalue weighted by Crippen LogP contribution is -1.97. The van der Waals surface area contributed by atoms with Crippen LogP contribution < -0.4 is 4.74 Å². The van der Waals surface area contributed by atoms with E-state index in [1.54, 1.807) is 0 Å². The van der Waals surface area contributed by atoms with Gasteiger partial charge in [-0.15, -0.1) is 0 Å². The van der Waals surface area contributed by atoms with Crippen LogP contribution in [0.4, 0.5) is 10.1 Å². The fraction of sp³-hybridized carbons (Fsp3) is 0.0714. The molecular weight excluding hydrogens is 345 g/mol. The molecule has 0 saturated heterocycles. The SMILES string of the molecule is CC(=O)c1ccc(Oc2c(F)cccc2[N+](=O)[O-])c(Br)c1. The van der Waals surface area contributed by atoms with Gasteiger partial charge in [0, 0.05) is 11.6 Å². The molecule has 0 aliphatic rings. The second kappa shape index (κ2) is 6.01. The molecule has 0 amide bonds. The lowest BCUT2D eigenvalue weighted by atomic mass is 10.1. The van der Waals surface area contributed by atoms with Crippen LogP contribution in [0.2, 0.25) is 0 Å². The molecule has 0 atom stereocenters. The van der Waals surface area contributed by atoms with Crippen LogP contribution in [-0.2, 0) is 0 Å². The van der Waals surface area contributed by atoms with Gasteiger partial charge in [-0.1, -0.05) is 6.07 Å². The third kappa shape index (κ3) is 3.25. The number of rotatable bonds is 4. The quantitative estimate of drug-likeness (QED) is 0.461. The van der Waals surface area contributed by atoms with Crippen LogP contribution in [0, 0.1) is 15.9 Å². The zero-order chi connectivity index (χ0) is 15.6. The van der Waals surface area contributed by atoms with Crippen LogP contribution >= 0.6 is 15.9 Å². The molecule has 0 radical (unpaired) electrons. The highest BCUT2D eigenvalue weighted by atomic mass is 79.9. The number of nitro benzene ring substituents is 1. The molecular formula is C14H9BrFNO4. The number of carbonyl (C=O) groups excluding carboxylic acids is 1. The first-order valence-electron chi connectivity index (χ1n) is 5.81. The number of benzene rings is 2. The highest BCUT2D eigenvalue weighted by Crippen LogP contribution is 2.37. The third-order valence-electron chi connectivity index (χ3n) is 2.69. The van der Waals surface area contributed by atoms with Gasteiger partial charge in [0.15, 0.2) is 11.6 Å². The summed E-state index contributed by atoms with van der Waals surface area (Å²) >= 11 is 3.19. The highest BCUT2D eigenvalue weighted by molar-refractivity contribution is 9.10. The number of hydrogen-bond acceptors (Lipinski definition) is 4. The molecule has 21 heavy (non-hydrogen) atoms. The van der Waals surface area contributed by atoms with Gasteiger partial charge < -0.3 is 4.74 Å². The number of hydrogen-bond donors (Lipinski definition) is 0. The van der Waals surface area contributed by atoms with Gasteiger partial charge in [-0.25, -0.2) is 4.39 Å². The number of halogens is 2. The van der Waals surface area contributed by atoms with Crippen LogP contribution in [0.5, 0.6) is 11.5 Å². The van der Waals surface area contributed by atoms with Crippen LogP contribution in [0.15, 0.2) is 40.9 Å². The number of ketones is 1. The predicted octanol–water partition coefficient (Wildman–Crippen LogP) is 4.49. The van der Waals surface area contributed by atoms with Crippen LogP contribution in [0.3, 0.4) is 0 Å². The molecule has 0 spiro atoms. The highest BCUT2D eigenvalue weighted by Gasteiger charge is 2.21. The summed E-state index contributed by atoms with van der Waals surface area (Å²) in [7, 11) is 0. The number of nitro groups is 1. The number of nitrogens with zero attached hydrogens (tertiary/aromatic N) is 1. The molecule has 2 aromatic carbocycles. The van der Waals surface area contributed by atoms with E-state index in [-0.39, 0.29) is 11.5 Å². The fourth-order valence-corrected chi connectivity index (χ4v) is 2.11. The van der Waals surface area contributed by atoms with E-state index in [1.165, 1.54) is 31.2 Å². The van der Waals surface area contributed by atoms with Gasteiger partial charge in [0.05, 0.1) is 9.40 Å². The van der Waals surface area contributed by atoms with E-state index >= 15 is 0 Å². The van der Waals surface area contributed by atoms with Crippen molar-refractivity contribution in [3.05, 3.63) is 62.4 Å². The Balaban J connectivity index is 2.44. The predicted molar refractivity (Wildman–Crippen MR) is 77.3 cm³/mol. The zero-order valence-electron chi connectivity index (χ0n) is 10.8. The smallest absolute Gasteiger partial charge is 0.314 e. The van der Waals surface area contributed by atoms with Crippen molar-refractivity contribution < 1.29 is 18.8 Å². The normalized spacial score (nSPS) is 10.2. The lowest BCUT2D eigenvalue weighted by Gasteiger charge is -2.09. The number of carbonyl (C=O) groups is 1. The summed E-state index contributed by atoms with van der Waals surface area (Å²) < 4.78 is 19.4. The average Bonchev–Trinajstić information content (AvgIpc) is 2.42. The second-order valence-corrected chi connectivity index (χ2v) is 5.00. The van der Waals surface area contributed by atoms with Crippen molar-refractivity contribution in [1.82, 2.24) is 0 Å². The van der Waals surface area contributed by atoms with E-state index in [2.05, 4.69) is 15.9 Å². The van der Waals surface area contributed by atoms with Crippen LogP contribution in [-0.4, -0.2) is 10.7 Å². The molecule has 2 rings (SSSR count). The topological polar surface area (TPSA) is 69.4 Å². The van der Waals surface area contributed by atoms with Crippen molar-refractivity contribution in [1.29, 1.82) is 0 Å². The first kappa shape index (κ1) is 15.1. The van der Waals surface area contributed by atoms with Crippen LogP contribution in [0.1, 0.15) is 17.3 Å². The van der Waals surface area contributed by atoms with Crippen LogP contribution in [0.25, 0.3) is 0 Å². The summed E-state index contributed by atoms with van der Waals surface area (Å²) in [6.45, 7) is 1.41. The van der Waals surface area contributed by atoms with E-state index in [1.807, 2.05) is 0 Å². The van der Waals surface area contributed by atoms with E-state index in [4.69, 9.17) is 4.74 Å². The van der Waals surface area contributed by atoms with Gasteiger partial charge in [-0.2, -0.15) is 0 Å². The van der Waals surface area contributed by atoms with E-state index in [0.717, 1.165) is 12.1 Å². The monoisotopic (exact) mass is 353 g/mol. The molecule has 2 aromatic rings. The molecule has 0 heterocycles. The molecule has 0 aromatic heterocycles. The zero-order valence-corrected chi connectivity index (χ0v) is 12.4. The average molecular weight is 354 g/mol. The van der Waals surface area contributed by atoms with Crippen molar-refractivity contribution in [3.63, 3.8) is 0 Å². The molecule has 0 unspecified atom stereocenters. The van der Waals surface area contributed by atoms with Gasteiger partial charge in [0.25, 0.3) is 0 Å². The third-order valence-corrected chi connectivity index (χ3v) is 3.31. The number of Topliss-reactive ketones (excluding diaryl/α,β-unsaturated/α-hetero) is 1. The first-order valence-corrected chi connectivity index (χ1v) is 6.60. The van der Waals surface area contributed by atoms with Crippen molar-refractivity contribution in [2.75, 3.05) is 0 Å². The van der Waals surface area contributed by atoms with Gasteiger partial charge in [-0.05, 0) is 47.1 Å². The molecule has 108 valence electrons. The minimum atomic E-state index is -0.841. The molecule has 7 heteroatoms. The van der Waals surface area contributed by atoms with Crippen molar-refractivity contribution >= 4 is 27.4 Å². The van der Waals surface area contributed by atoms with Gasteiger partial charge in [0.1, 0.15) is 5.75 Å². The van der Waals surface area contributed by atoms with Gasteiger partial charge in [-0.3, -0.25) is 14.9 Å². The largest absolute Gasteiger partial charge is 0.446 e. The van der Waals surface area contributed by atoms with Crippen molar-refractivity contribution in [3.8, 4) is 11.5 Å². The first-order chi connectivity index (χ1) is 9.90. The molecule has 0 aliphatic heterocycles. The molecule has 5 nitrogen and oxygen atoms in total. The lowest BCUT2D eigenvalue weighted by molar-refractivity contribution is -0.385. The van der Waals surface area contributed by atoms with E-state index < -0.39 is 22.2 Å². The van der Waals surface area contributed by atoms with Gasteiger partial charge in [0.2, 0.25) is 5.75 Å². The molecule has 0 N–H and O–H groups in total. The molecule has 0 fully saturated rings. The van der Waals surface area contributed by atoms with Gasteiger partial charge >= 0.3 is 5.69 Å². The summed E-state index contributed by atoms with van der Waals surface area (Å²) in [5.74, 6) is -1.28. The van der Waals surface area contributed by atoms with Crippen molar-refractivity contribution in [2.24, 2.45) is 0 Å². The summed E-state index contributed by atoms with van der Waals surface area (Å²) in [6, 6.07) is 7.89. The second-order valence-electron chi connectivity index (χ2n) is 4.15. The Labute approximate surface area is 127 Å². The van der Waals surface area contributed by atoms with E-state index in [0.29, 0.717) is 10.0 Å². The van der Waals surface area contributed by atoms with Crippen molar-refractivity contribution in [2.45, 2.75) is 6.92 Å². The Morgan fingerprint density at radius 2 is 2.05 bits per heavy atom. The molecule has 0 aliphatic carbocycles. The maximum Gasteiger partial charge on any atom is 0.314 e. The molecule has 0 saturated carbocycles. The standard InChI is InChI=1S/C14H9BrFNO4/c1-8(18)9-5-6-13(10(15)7-9)21-14-11(16)3-2-4-12(14)17(19)20/h2-7H,1H3. The van der Waals surface area contributed by atoms with E-state index in [9.17, 15) is 19.3 Å². The minimum absolute atomic E-state index is 0.140. The Bertz CT molecular complexity index is 733. The molecule has 0 bridgehead atoms. The number of para-hydroxylation sites is 1. The Hall–Kier alpha value is -2.28. The summed E-state index contributed by atoms with van der Waals surface area (Å²) in [4.78, 5) is 21.4. The number of ether oxygens (including phenoxy) is 1. The minimum Gasteiger partial charge on any atom is -0.446 e. The Morgan fingerprint density at radius 3 is 2.62 bits per heavy atom. The Kier molecular flexibility index (Phi) is 4.32. The maximum atomic E-state index is 13.7. The summed E-state index contributed by atoms with van der Waals surface area (Å²) in [6.07, 6.45) is 0. The Morgan fingerprint density at radius 1 is 1.33 bits per heavy atom. The summed E-state index contributed by atoms with van der Waals surface area (Å²) in [5.41, 5.74) is -0.0326. The summed E-state index contributed by atoms with van der Waals surface area (Å²) in [5, 5.41) is 10.9.